The Morgan fingerprint density at radius 3 is 2.56 bits per heavy atom. The van der Waals surface area contributed by atoms with Crippen LogP contribution in [0.4, 0.5) is 0 Å². The highest BCUT2D eigenvalue weighted by atomic mass is 16.6. The van der Waals surface area contributed by atoms with E-state index in [0.717, 1.165) is 31.2 Å². The first kappa shape index (κ1) is 32.1. The molecule has 216 valence electrons. The van der Waals surface area contributed by atoms with E-state index in [4.69, 9.17) is 21.6 Å². The van der Waals surface area contributed by atoms with Gasteiger partial charge in [-0.05, 0) is 44.1 Å². The Kier molecular flexibility index (Phi) is 14.4. The molecule has 1 aliphatic rings. The van der Waals surface area contributed by atoms with Crippen molar-refractivity contribution in [3.05, 3.63) is 48.0 Å². The molecule has 10 heteroatoms. The number of carbonyl (C=O) groups excluding carboxylic acids is 3. The van der Waals surface area contributed by atoms with Crippen LogP contribution in [0.25, 0.3) is 0 Å². The van der Waals surface area contributed by atoms with Crippen molar-refractivity contribution in [2.75, 3.05) is 6.54 Å². The van der Waals surface area contributed by atoms with Crippen LogP contribution in [0.5, 0.6) is 0 Å². The van der Waals surface area contributed by atoms with Crippen molar-refractivity contribution in [3.63, 3.8) is 0 Å². The molecule has 39 heavy (non-hydrogen) atoms. The van der Waals surface area contributed by atoms with Crippen LogP contribution in [0.3, 0.4) is 0 Å². The number of guanidine groups is 1. The summed E-state index contributed by atoms with van der Waals surface area (Å²) < 4.78 is 4.82. The second-order valence-corrected chi connectivity index (χ2v) is 10.2. The van der Waals surface area contributed by atoms with Crippen molar-refractivity contribution in [2.45, 2.75) is 88.9 Å². The number of Topliss-reactive ketones (excluding diaryl/α,β-unsaturated/α-hetero) is 1. The molecule has 1 aromatic rings. The summed E-state index contributed by atoms with van der Waals surface area (Å²) in [7, 11) is 0. The van der Waals surface area contributed by atoms with Gasteiger partial charge in [-0.1, -0.05) is 61.7 Å². The SMILES string of the molecule is N=C(N)NCCC[C@H](N)C(=O)OC(=O)CCCCCC[C@H]1C(=O)C[C@@H](O)[C@H]1C=C[C@@H](O)CCc1ccccc1. The Labute approximate surface area is 230 Å². The fourth-order valence-corrected chi connectivity index (χ4v) is 4.79. The first-order chi connectivity index (χ1) is 18.7. The van der Waals surface area contributed by atoms with E-state index in [1.807, 2.05) is 30.3 Å². The normalized spacial score (nSPS) is 20.6. The highest BCUT2D eigenvalue weighted by molar-refractivity contribution is 5.88. The molecule has 0 aromatic heterocycles. The van der Waals surface area contributed by atoms with E-state index >= 15 is 0 Å². The third-order valence-electron chi connectivity index (χ3n) is 7.03. The van der Waals surface area contributed by atoms with Gasteiger partial charge in [-0.25, -0.2) is 4.79 Å². The number of rotatable bonds is 17. The van der Waals surface area contributed by atoms with Gasteiger partial charge in [-0.3, -0.25) is 15.0 Å². The standard InChI is InChI=1S/C29H44N4O6/c30-24(12-8-18-33-29(31)32)28(38)39-27(37)13-7-2-1-6-11-22-23(26(36)19-25(22)35)17-16-21(34)15-14-20-9-4-3-5-10-20/h3-5,9-10,16-17,21-24,26,34,36H,1-2,6-8,11-15,18-19,30H2,(H4,31,32,33)/t21-,22+,23-,24-,26+/m0/s1. The molecule has 1 aliphatic carbocycles. The van der Waals surface area contributed by atoms with Crippen molar-refractivity contribution in [1.29, 1.82) is 5.41 Å². The van der Waals surface area contributed by atoms with Gasteiger partial charge < -0.3 is 31.7 Å². The molecule has 0 aliphatic heterocycles. The predicted octanol–water partition coefficient (Wildman–Crippen LogP) is 2.10. The van der Waals surface area contributed by atoms with E-state index in [0.29, 0.717) is 38.6 Å². The number of unbranched alkanes of at least 4 members (excludes halogenated alkanes) is 3. The summed E-state index contributed by atoms with van der Waals surface area (Å²) in [4.78, 5) is 36.3. The molecule has 1 aromatic carbocycles. The van der Waals surface area contributed by atoms with Crippen molar-refractivity contribution in [2.24, 2.45) is 23.3 Å². The number of aliphatic hydroxyl groups excluding tert-OH is 2. The number of hydrogen-bond acceptors (Lipinski definition) is 8. The first-order valence-electron chi connectivity index (χ1n) is 13.9. The van der Waals surface area contributed by atoms with Crippen LogP contribution in [0, 0.1) is 17.2 Å². The van der Waals surface area contributed by atoms with E-state index in [1.165, 1.54) is 0 Å². The first-order valence-corrected chi connectivity index (χ1v) is 13.9. The van der Waals surface area contributed by atoms with E-state index < -0.39 is 30.2 Å². The third kappa shape index (κ3) is 12.5. The van der Waals surface area contributed by atoms with Gasteiger partial charge >= 0.3 is 11.9 Å². The summed E-state index contributed by atoms with van der Waals surface area (Å²) in [5.41, 5.74) is 12.1. The molecule has 0 amide bonds. The Morgan fingerprint density at radius 1 is 1.13 bits per heavy atom. The molecule has 0 radical (unpaired) electrons. The molecular formula is C29H44N4O6. The van der Waals surface area contributed by atoms with Crippen molar-refractivity contribution < 1.29 is 29.3 Å². The summed E-state index contributed by atoms with van der Waals surface area (Å²) in [6, 6.07) is 9.01. The molecule has 1 saturated carbocycles. The maximum atomic E-state index is 12.5. The van der Waals surface area contributed by atoms with Crippen LogP contribution in [0.15, 0.2) is 42.5 Å². The van der Waals surface area contributed by atoms with Gasteiger partial charge in [-0.15, -0.1) is 0 Å². The van der Waals surface area contributed by atoms with Gasteiger partial charge in [0.05, 0.1) is 12.2 Å². The number of aliphatic hydroxyl groups is 2. The maximum Gasteiger partial charge on any atom is 0.330 e. The van der Waals surface area contributed by atoms with E-state index in [9.17, 15) is 24.6 Å². The quantitative estimate of drug-likeness (QED) is 0.0426. The fourth-order valence-electron chi connectivity index (χ4n) is 4.79. The third-order valence-corrected chi connectivity index (χ3v) is 7.03. The number of hydrogen-bond donors (Lipinski definition) is 6. The van der Waals surface area contributed by atoms with Crippen molar-refractivity contribution in [1.82, 2.24) is 5.32 Å². The van der Waals surface area contributed by atoms with Crippen LogP contribution < -0.4 is 16.8 Å². The lowest BCUT2D eigenvalue weighted by atomic mass is 9.88. The smallest absolute Gasteiger partial charge is 0.330 e. The second-order valence-electron chi connectivity index (χ2n) is 10.2. The van der Waals surface area contributed by atoms with Crippen LogP contribution in [0.1, 0.15) is 69.8 Å². The van der Waals surface area contributed by atoms with E-state index in [-0.39, 0.29) is 36.4 Å². The molecule has 0 unspecified atom stereocenters. The lowest BCUT2D eigenvalue weighted by Crippen LogP contribution is -2.36. The van der Waals surface area contributed by atoms with Crippen molar-refractivity contribution in [3.8, 4) is 0 Å². The van der Waals surface area contributed by atoms with E-state index in [1.54, 1.807) is 12.2 Å². The highest BCUT2D eigenvalue weighted by Gasteiger charge is 2.39. The zero-order valence-corrected chi connectivity index (χ0v) is 22.6. The number of aryl methyl sites for hydroxylation is 1. The average molecular weight is 545 g/mol. The Balaban J connectivity index is 1.63. The number of nitrogens with one attached hydrogen (secondary N) is 2. The van der Waals surface area contributed by atoms with E-state index in [2.05, 4.69) is 5.32 Å². The molecule has 5 atom stereocenters. The van der Waals surface area contributed by atoms with Crippen LogP contribution in [-0.4, -0.2) is 58.7 Å². The molecule has 0 spiro atoms. The van der Waals surface area contributed by atoms with Crippen molar-refractivity contribution >= 4 is 23.7 Å². The molecular weight excluding hydrogens is 500 g/mol. The predicted molar refractivity (Wildman–Crippen MR) is 148 cm³/mol. The second kappa shape index (κ2) is 17.5. The zero-order valence-electron chi connectivity index (χ0n) is 22.6. The van der Waals surface area contributed by atoms with Gasteiger partial charge in [-0.2, -0.15) is 0 Å². The van der Waals surface area contributed by atoms with Gasteiger partial charge in [0.15, 0.2) is 5.96 Å². The van der Waals surface area contributed by atoms with Crippen LogP contribution in [0.2, 0.25) is 0 Å². The minimum Gasteiger partial charge on any atom is -0.392 e. The Morgan fingerprint density at radius 2 is 1.85 bits per heavy atom. The van der Waals surface area contributed by atoms with Crippen LogP contribution >= 0.6 is 0 Å². The summed E-state index contributed by atoms with van der Waals surface area (Å²) in [5, 5.41) is 30.4. The monoisotopic (exact) mass is 544 g/mol. The van der Waals surface area contributed by atoms with Crippen LogP contribution in [-0.2, 0) is 25.5 Å². The fraction of sp³-hybridized carbons (Fsp3) is 0.586. The Hall–Kier alpha value is -3.08. The molecule has 0 heterocycles. The topological polar surface area (TPSA) is 189 Å². The molecule has 1 fully saturated rings. The molecule has 8 N–H and O–H groups in total. The summed E-state index contributed by atoms with van der Waals surface area (Å²) in [5.74, 6) is -2.05. The average Bonchev–Trinajstić information content (AvgIpc) is 3.17. The maximum absolute atomic E-state index is 12.5. The number of benzene rings is 1. The number of nitrogens with two attached hydrogens (primary N) is 2. The molecule has 0 saturated heterocycles. The highest BCUT2D eigenvalue weighted by Crippen LogP contribution is 2.34. The van der Waals surface area contributed by atoms with Gasteiger partial charge in [0.25, 0.3) is 0 Å². The molecule has 10 nitrogen and oxygen atoms in total. The minimum absolute atomic E-state index is 0.0476. The largest absolute Gasteiger partial charge is 0.392 e. The summed E-state index contributed by atoms with van der Waals surface area (Å²) >= 11 is 0. The van der Waals surface area contributed by atoms with Gasteiger partial charge in [0.2, 0.25) is 0 Å². The zero-order chi connectivity index (χ0) is 28.6. The summed E-state index contributed by atoms with van der Waals surface area (Å²) in [6.45, 7) is 0.406. The molecule has 2 rings (SSSR count). The minimum atomic E-state index is -0.908. The number of ketones is 1. The number of carbonyl (C=O) groups is 3. The van der Waals surface area contributed by atoms with Gasteiger partial charge in [0, 0.05) is 31.2 Å². The van der Waals surface area contributed by atoms with Gasteiger partial charge in [0.1, 0.15) is 11.8 Å². The lowest BCUT2D eigenvalue weighted by molar-refractivity contribution is -0.160. The molecule has 0 bridgehead atoms. The summed E-state index contributed by atoms with van der Waals surface area (Å²) in [6.07, 6.45) is 8.03. The lowest BCUT2D eigenvalue weighted by Gasteiger charge is -2.18. The number of esters is 2. The Bertz CT molecular complexity index is 954. The number of ether oxygens (including phenoxy) is 1.